The van der Waals surface area contributed by atoms with E-state index in [1.165, 1.54) is 5.56 Å². The Morgan fingerprint density at radius 1 is 1.44 bits per heavy atom. The van der Waals surface area contributed by atoms with Crippen LogP contribution in [0.3, 0.4) is 0 Å². The number of nitrogen functional groups attached to an aromatic ring is 1. The smallest absolute Gasteiger partial charge is 0.122 e. The molecule has 4 nitrogen and oxygen atoms in total. The minimum absolute atomic E-state index is 0.0979. The molecular formula is C14H23N3O. The standard InChI is InChI=1S/C14H23N3O/c1-10(2)17(6-7-18)9-13-5-4-12(14(15)16)8-11(13)3/h4-5,8,10,18H,6-7,9H2,1-3H3,(H3,15,16). The van der Waals surface area contributed by atoms with Gasteiger partial charge in [0.25, 0.3) is 0 Å². The first-order valence-corrected chi connectivity index (χ1v) is 6.24. The molecule has 100 valence electrons. The van der Waals surface area contributed by atoms with Crippen LogP contribution in [0.1, 0.15) is 30.5 Å². The topological polar surface area (TPSA) is 73.3 Å². The summed E-state index contributed by atoms with van der Waals surface area (Å²) < 4.78 is 0. The molecule has 0 heterocycles. The maximum Gasteiger partial charge on any atom is 0.122 e. The summed E-state index contributed by atoms with van der Waals surface area (Å²) in [6, 6.07) is 6.22. The number of aryl methyl sites for hydroxylation is 1. The van der Waals surface area contributed by atoms with E-state index in [1.54, 1.807) is 0 Å². The predicted molar refractivity (Wildman–Crippen MR) is 74.8 cm³/mol. The monoisotopic (exact) mass is 249 g/mol. The van der Waals surface area contributed by atoms with Gasteiger partial charge in [0.1, 0.15) is 5.84 Å². The van der Waals surface area contributed by atoms with Crippen molar-refractivity contribution in [2.45, 2.75) is 33.4 Å². The molecule has 0 spiro atoms. The number of benzene rings is 1. The second-order valence-electron chi connectivity index (χ2n) is 4.84. The Balaban J connectivity index is 2.86. The third-order valence-corrected chi connectivity index (χ3v) is 3.14. The minimum Gasteiger partial charge on any atom is -0.395 e. The van der Waals surface area contributed by atoms with Crippen molar-refractivity contribution in [3.8, 4) is 0 Å². The van der Waals surface area contributed by atoms with Gasteiger partial charge in [-0.3, -0.25) is 10.3 Å². The highest BCUT2D eigenvalue weighted by atomic mass is 16.3. The van der Waals surface area contributed by atoms with Gasteiger partial charge in [-0.15, -0.1) is 0 Å². The molecule has 0 aliphatic rings. The van der Waals surface area contributed by atoms with E-state index >= 15 is 0 Å². The van der Waals surface area contributed by atoms with E-state index in [1.807, 2.05) is 25.1 Å². The zero-order chi connectivity index (χ0) is 13.7. The minimum atomic E-state index is 0.0979. The van der Waals surface area contributed by atoms with Gasteiger partial charge in [0, 0.05) is 24.7 Å². The molecule has 0 aliphatic carbocycles. The molecule has 0 bridgehead atoms. The molecule has 0 amide bonds. The molecule has 1 aromatic rings. The molecule has 4 heteroatoms. The molecule has 0 atom stereocenters. The van der Waals surface area contributed by atoms with Crippen LogP contribution in [-0.2, 0) is 6.54 Å². The van der Waals surface area contributed by atoms with E-state index < -0.39 is 0 Å². The van der Waals surface area contributed by atoms with Crippen molar-refractivity contribution >= 4 is 5.84 Å². The fraction of sp³-hybridized carbons (Fsp3) is 0.500. The van der Waals surface area contributed by atoms with Gasteiger partial charge >= 0.3 is 0 Å². The van der Waals surface area contributed by atoms with Crippen molar-refractivity contribution in [2.24, 2.45) is 5.73 Å². The van der Waals surface area contributed by atoms with Crippen LogP contribution in [-0.4, -0.2) is 35.0 Å². The third kappa shape index (κ3) is 3.82. The van der Waals surface area contributed by atoms with E-state index in [0.717, 1.165) is 17.7 Å². The first-order chi connectivity index (χ1) is 8.45. The molecule has 1 aromatic carbocycles. The summed E-state index contributed by atoms with van der Waals surface area (Å²) in [5.74, 6) is 0.0979. The molecule has 18 heavy (non-hydrogen) atoms. The zero-order valence-electron chi connectivity index (χ0n) is 11.4. The molecule has 0 radical (unpaired) electrons. The third-order valence-electron chi connectivity index (χ3n) is 3.14. The number of nitrogens with one attached hydrogen (secondary N) is 1. The van der Waals surface area contributed by atoms with Crippen LogP contribution in [0.15, 0.2) is 18.2 Å². The maximum absolute atomic E-state index is 9.06. The van der Waals surface area contributed by atoms with Gasteiger partial charge in [-0.1, -0.05) is 12.1 Å². The number of aliphatic hydroxyl groups is 1. The number of rotatable bonds is 6. The van der Waals surface area contributed by atoms with E-state index in [0.29, 0.717) is 12.6 Å². The van der Waals surface area contributed by atoms with Crippen LogP contribution >= 0.6 is 0 Å². The van der Waals surface area contributed by atoms with Gasteiger partial charge < -0.3 is 10.8 Å². The molecule has 0 saturated heterocycles. The van der Waals surface area contributed by atoms with E-state index in [4.69, 9.17) is 16.2 Å². The summed E-state index contributed by atoms with van der Waals surface area (Å²) in [6.07, 6.45) is 0. The Hall–Kier alpha value is -1.39. The lowest BCUT2D eigenvalue weighted by Crippen LogP contribution is -2.33. The summed E-state index contributed by atoms with van der Waals surface area (Å²) in [5, 5.41) is 16.5. The first-order valence-electron chi connectivity index (χ1n) is 6.24. The Morgan fingerprint density at radius 2 is 2.11 bits per heavy atom. The van der Waals surface area contributed by atoms with Crippen LogP contribution in [0.2, 0.25) is 0 Å². The molecule has 0 fully saturated rings. The highest BCUT2D eigenvalue weighted by molar-refractivity contribution is 5.95. The molecule has 0 aliphatic heterocycles. The predicted octanol–water partition coefficient (Wildman–Crippen LogP) is 1.48. The van der Waals surface area contributed by atoms with Gasteiger partial charge in [0.2, 0.25) is 0 Å². The number of nitrogens with two attached hydrogens (primary N) is 1. The number of nitrogens with zero attached hydrogens (tertiary/aromatic N) is 1. The average Bonchev–Trinajstić information content (AvgIpc) is 2.30. The Morgan fingerprint density at radius 3 is 2.56 bits per heavy atom. The van der Waals surface area contributed by atoms with Crippen LogP contribution in [0.25, 0.3) is 0 Å². The second-order valence-corrected chi connectivity index (χ2v) is 4.84. The maximum atomic E-state index is 9.06. The lowest BCUT2D eigenvalue weighted by molar-refractivity contribution is 0.159. The van der Waals surface area contributed by atoms with Crippen molar-refractivity contribution < 1.29 is 5.11 Å². The van der Waals surface area contributed by atoms with Crippen molar-refractivity contribution in [1.29, 1.82) is 5.41 Å². The largest absolute Gasteiger partial charge is 0.395 e. The summed E-state index contributed by atoms with van der Waals surface area (Å²) in [5.41, 5.74) is 8.57. The Kier molecular flexibility index (Phi) is 5.31. The molecule has 4 N–H and O–H groups in total. The highest BCUT2D eigenvalue weighted by Gasteiger charge is 2.11. The fourth-order valence-electron chi connectivity index (χ4n) is 1.91. The van der Waals surface area contributed by atoms with Gasteiger partial charge in [0.15, 0.2) is 0 Å². The summed E-state index contributed by atoms with van der Waals surface area (Å²) in [4.78, 5) is 2.22. The first kappa shape index (κ1) is 14.7. The summed E-state index contributed by atoms with van der Waals surface area (Å²) >= 11 is 0. The van der Waals surface area contributed by atoms with E-state index in [9.17, 15) is 0 Å². The SMILES string of the molecule is Cc1cc(C(=N)N)ccc1CN(CCO)C(C)C. The number of hydrogen-bond acceptors (Lipinski definition) is 3. The molecule has 0 unspecified atom stereocenters. The quantitative estimate of drug-likeness (QED) is 0.528. The molecule has 1 rings (SSSR count). The van der Waals surface area contributed by atoms with Gasteiger partial charge in [-0.25, -0.2) is 0 Å². The lowest BCUT2D eigenvalue weighted by Gasteiger charge is -2.26. The highest BCUT2D eigenvalue weighted by Crippen LogP contribution is 2.14. The Bertz CT molecular complexity index is 416. The van der Waals surface area contributed by atoms with Gasteiger partial charge in [-0.05, 0) is 38.0 Å². The van der Waals surface area contributed by atoms with Crippen molar-refractivity contribution in [3.05, 3.63) is 34.9 Å². The van der Waals surface area contributed by atoms with E-state index in [2.05, 4.69) is 18.7 Å². The molecular weight excluding hydrogens is 226 g/mol. The van der Waals surface area contributed by atoms with Crippen molar-refractivity contribution in [2.75, 3.05) is 13.2 Å². The number of hydrogen-bond donors (Lipinski definition) is 3. The second kappa shape index (κ2) is 6.52. The normalized spacial score (nSPS) is 11.2. The number of amidine groups is 1. The van der Waals surface area contributed by atoms with Crippen LogP contribution in [0.5, 0.6) is 0 Å². The van der Waals surface area contributed by atoms with Crippen molar-refractivity contribution in [3.63, 3.8) is 0 Å². The van der Waals surface area contributed by atoms with Crippen LogP contribution in [0.4, 0.5) is 0 Å². The molecule has 0 saturated carbocycles. The zero-order valence-corrected chi connectivity index (χ0v) is 11.4. The Labute approximate surface area is 109 Å². The fourth-order valence-corrected chi connectivity index (χ4v) is 1.91. The molecule has 0 aromatic heterocycles. The lowest BCUT2D eigenvalue weighted by atomic mass is 10.0. The summed E-state index contributed by atoms with van der Waals surface area (Å²) in [6.45, 7) is 7.92. The number of aliphatic hydroxyl groups excluding tert-OH is 1. The summed E-state index contributed by atoms with van der Waals surface area (Å²) in [7, 11) is 0. The van der Waals surface area contributed by atoms with Gasteiger partial charge in [-0.2, -0.15) is 0 Å². The van der Waals surface area contributed by atoms with E-state index in [-0.39, 0.29) is 12.4 Å². The van der Waals surface area contributed by atoms with Crippen molar-refractivity contribution in [1.82, 2.24) is 4.90 Å². The average molecular weight is 249 g/mol. The van der Waals surface area contributed by atoms with Crippen LogP contribution in [0, 0.1) is 12.3 Å². The van der Waals surface area contributed by atoms with Crippen LogP contribution < -0.4 is 5.73 Å². The van der Waals surface area contributed by atoms with Gasteiger partial charge in [0.05, 0.1) is 6.61 Å².